The number of sulfonamides is 1. The van der Waals surface area contributed by atoms with Crippen molar-refractivity contribution >= 4 is 27.3 Å². The molecule has 4 rings (SSSR count). The Morgan fingerprint density at radius 1 is 0.929 bits per heavy atom. The molecule has 3 aromatic carbocycles. The molecule has 0 bridgehead atoms. The van der Waals surface area contributed by atoms with Crippen molar-refractivity contribution in [2.75, 3.05) is 16.2 Å². The molecule has 1 aliphatic rings. The lowest BCUT2D eigenvalue weighted by atomic mass is 10.2. The molecule has 0 spiro atoms. The summed E-state index contributed by atoms with van der Waals surface area (Å²) >= 11 is 0. The van der Waals surface area contributed by atoms with Gasteiger partial charge >= 0.3 is 0 Å². The second kappa shape index (κ2) is 7.36. The third-order valence-corrected chi connectivity index (χ3v) is 6.15. The standard InChI is InChI=1S/C21H18N2O4S/c24-21-15-27-20-12-11-18(13-19(20)22-21)28(25,26)23(17-9-5-2-6-10-17)14-16-7-3-1-4-8-16/h1-13H,14-15H2,(H,22,24). The van der Waals surface area contributed by atoms with Crippen LogP contribution in [0, 0.1) is 0 Å². The predicted molar refractivity (Wildman–Crippen MR) is 107 cm³/mol. The van der Waals surface area contributed by atoms with E-state index in [9.17, 15) is 13.2 Å². The summed E-state index contributed by atoms with van der Waals surface area (Å²) in [5.41, 5.74) is 1.78. The van der Waals surface area contributed by atoms with Crippen LogP contribution in [0.2, 0.25) is 0 Å². The Morgan fingerprint density at radius 2 is 1.61 bits per heavy atom. The van der Waals surface area contributed by atoms with Crippen molar-refractivity contribution in [1.29, 1.82) is 0 Å². The first-order chi connectivity index (χ1) is 13.5. The van der Waals surface area contributed by atoms with Gasteiger partial charge in [-0.25, -0.2) is 8.42 Å². The van der Waals surface area contributed by atoms with Crippen LogP contribution in [0.1, 0.15) is 5.56 Å². The van der Waals surface area contributed by atoms with E-state index in [0.29, 0.717) is 17.1 Å². The van der Waals surface area contributed by atoms with E-state index in [-0.39, 0.29) is 24.0 Å². The minimum absolute atomic E-state index is 0.0801. The number of ether oxygens (including phenoxy) is 1. The number of carbonyl (C=O) groups excluding carboxylic acids is 1. The Balaban J connectivity index is 1.76. The van der Waals surface area contributed by atoms with Crippen LogP contribution in [0.5, 0.6) is 5.75 Å². The molecule has 6 nitrogen and oxygen atoms in total. The highest BCUT2D eigenvalue weighted by Crippen LogP contribution is 2.33. The van der Waals surface area contributed by atoms with Gasteiger partial charge in [-0.2, -0.15) is 0 Å². The summed E-state index contributed by atoms with van der Waals surface area (Å²) in [6.45, 7) is 0.108. The number of rotatable bonds is 5. The summed E-state index contributed by atoms with van der Waals surface area (Å²) in [6.07, 6.45) is 0. The second-order valence-electron chi connectivity index (χ2n) is 6.33. The van der Waals surface area contributed by atoms with Crippen LogP contribution in [0.4, 0.5) is 11.4 Å². The van der Waals surface area contributed by atoms with Gasteiger partial charge < -0.3 is 10.1 Å². The number of amides is 1. The van der Waals surface area contributed by atoms with Gasteiger partial charge in [0.05, 0.1) is 22.8 Å². The summed E-state index contributed by atoms with van der Waals surface area (Å²) in [7, 11) is -3.88. The largest absolute Gasteiger partial charge is 0.482 e. The first-order valence-corrected chi connectivity index (χ1v) is 10.2. The molecule has 3 aromatic rings. The molecule has 1 amide bonds. The van der Waals surface area contributed by atoms with E-state index in [1.54, 1.807) is 30.3 Å². The van der Waals surface area contributed by atoms with Crippen LogP contribution < -0.4 is 14.4 Å². The number of hydrogen-bond acceptors (Lipinski definition) is 4. The maximum absolute atomic E-state index is 13.5. The van der Waals surface area contributed by atoms with E-state index >= 15 is 0 Å². The normalized spacial score (nSPS) is 13.2. The SMILES string of the molecule is O=C1COc2ccc(S(=O)(=O)N(Cc3ccccc3)c3ccccc3)cc2N1. The molecule has 0 fully saturated rings. The average molecular weight is 394 g/mol. The maximum Gasteiger partial charge on any atom is 0.264 e. The van der Waals surface area contributed by atoms with Crippen LogP contribution in [-0.4, -0.2) is 20.9 Å². The highest BCUT2D eigenvalue weighted by molar-refractivity contribution is 7.92. The third kappa shape index (κ3) is 3.57. The minimum atomic E-state index is -3.88. The van der Waals surface area contributed by atoms with Gasteiger partial charge in [-0.1, -0.05) is 48.5 Å². The highest BCUT2D eigenvalue weighted by Gasteiger charge is 2.27. The number of anilines is 2. The molecule has 142 valence electrons. The number of fused-ring (bicyclic) bond motifs is 1. The Hall–Kier alpha value is -3.32. The van der Waals surface area contributed by atoms with Crippen molar-refractivity contribution in [2.24, 2.45) is 0 Å². The molecule has 0 aromatic heterocycles. The fourth-order valence-corrected chi connectivity index (χ4v) is 4.49. The first-order valence-electron chi connectivity index (χ1n) is 8.72. The first kappa shape index (κ1) is 18.1. The molecule has 0 unspecified atom stereocenters. The molecule has 0 atom stereocenters. The molecular formula is C21H18N2O4S. The number of benzene rings is 3. The van der Waals surface area contributed by atoms with Crippen molar-refractivity contribution in [2.45, 2.75) is 11.4 Å². The van der Waals surface area contributed by atoms with E-state index < -0.39 is 10.0 Å². The summed E-state index contributed by atoms with van der Waals surface area (Å²) in [6, 6.07) is 22.8. The van der Waals surface area contributed by atoms with Crippen LogP contribution in [0.3, 0.4) is 0 Å². The smallest absolute Gasteiger partial charge is 0.264 e. The maximum atomic E-state index is 13.5. The van der Waals surface area contributed by atoms with Crippen molar-refractivity contribution in [1.82, 2.24) is 0 Å². The third-order valence-electron chi connectivity index (χ3n) is 4.39. The number of hydrogen-bond donors (Lipinski definition) is 1. The lowest BCUT2D eigenvalue weighted by molar-refractivity contribution is -0.118. The molecule has 0 saturated carbocycles. The molecule has 1 heterocycles. The number of nitrogens with zero attached hydrogens (tertiary/aromatic N) is 1. The van der Waals surface area contributed by atoms with E-state index in [0.717, 1.165) is 5.56 Å². The van der Waals surface area contributed by atoms with Crippen LogP contribution in [0.15, 0.2) is 83.8 Å². The van der Waals surface area contributed by atoms with Gasteiger partial charge in [0.2, 0.25) is 0 Å². The minimum Gasteiger partial charge on any atom is -0.482 e. The molecule has 0 aliphatic carbocycles. The topological polar surface area (TPSA) is 75.7 Å². The molecule has 1 N–H and O–H groups in total. The zero-order valence-corrected chi connectivity index (χ0v) is 15.7. The molecular weight excluding hydrogens is 376 g/mol. The van der Waals surface area contributed by atoms with Gasteiger partial charge in [0.1, 0.15) is 5.75 Å². The van der Waals surface area contributed by atoms with Crippen LogP contribution >= 0.6 is 0 Å². The Bertz CT molecular complexity index is 1100. The van der Waals surface area contributed by atoms with Gasteiger partial charge in [-0.05, 0) is 35.9 Å². The number of nitrogens with one attached hydrogen (secondary N) is 1. The summed E-state index contributed by atoms with van der Waals surface area (Å²) < 4.78 is 33.6. The van der Waals surface area contributed by atoms with E-state index in [1.807, 2.05) is 36.4 Å². The van der Waals surface area contributed by atoms with Gasteiger partial charge in [0.15, 0.2) is 6.61 Å². The lowest BCUT2D eigenvalue weighted by Gasteiger charge is -2.26. The van der Waals surface area contributed by atoms with Crippen LogP contribution in [-0.2, 0) is 21.4 Å². The zero-order valence-electron chi connectivity index (χ0n) is 14.9. The Kier molecular flexibility index (Phi) is 4.75. The van der Waals surface area contributed by atoms with Gasteiger partial charge in [0.25, 0.3) is 15.9 Å². The van der Waals surface area contributed by atoms with Gasteiger partial charge in [-0.3, -0.25) is 9.10 Å². The van der Waals surface area contributed by atoms with Crippen LogP contribution in [0.25, 0.3) is 0 Å². The summed E-state index contributed by atoms with van der Waals surface area (Å²) in [5, 5.41) is 2.65. The van der Waals surface area contributed by atoms with E-state index in [1.165, 1.54) is 16.4 Å². The Morgan fingerprint density at radius 3 is 2.32 bits per heavy atom. The molecule has 7 heteroatoms. The van der Waals surface area contributed by atoms with E-state index in [4.69, 9.17) is 4.74 Å². The molecule has 0 radical (unpaired) electrons. The van der Waals surface area contributed by atoms with Crippen molar-refractivity contribution in [3.8, 4) is 5.75 Å². The van der Waals surface area contributed by atoms with Gasteiger partial charge in [-0.15, -0.1) is 0 Å². The Labute approximate surface area is 163 Å². The van der Waals surface area contributed by atoms with Gasteiger partial charge in [0, 0.05) is 0 Å². The van der Waals surface area contributed by atoms with Crippen molar-refractivity contribution in [3.05, 3.63) is 84.4 Å². The highest BCUT2D eigenvalue weighted by atomic mass is 32.2. The number of carbonyl (C=O) groups is 1. The van der Waals surface area contributed by atoms with Crippen molar-refractivity contribution in [3.63, 3.8) is 0 Å². The molecule has 1 aliphatic heterocycles. The second-order valence-corrected chi connectivity index (χ2v) is 8.19. The number of para-hydroxylation sites is 1. The fourth-order valence-electron chi connectivity index (χ4n) is 3.01. The summed E-state index contributed by atoms with van der Waals surface area (Å²) in [4.78, 5) is 11.7. The van der Waals surface area contributed by atoms with E-state index in [2.05, 4.69) is 5.32 Å². The summed E-state index contributed by atoms with van der Waals surface area (Å²) in [5.74, 6) is 0.138. The zero-order chi connectivity index (χ0) is 19.6. The molecule has 28 heavy (non-hydrogen) atoms. The predicted octanol–water partition coefficient (Wildman–Crippen LogP) is 3.41. The molecule has 0 saturated heterocycles. The quantitative estimate of drug-likeness (QED) is 0.720. The lowest BCUT2D eigenvalue weighted by Crippen LogP contribution is -2.31. The van der Waals surface area contributed by atoms with Crippen molar-refractivity contribution < 1.29 is 17.9 Å². The average Bonchev–Trinajstić information content (AvgIpc) is 2.72. The monoisotopic (exact) mass is 394 g/mol. The fraction of sp³-hybridized carbons (Fsp3) is 0.0952.